The first-order valence-electron chi connectivity index (χ1n) is 6.21. The Labute approximate surface area is 106 Å². The number of nitrogens with one attached hydrogen (secondary N) is 1. The number of amides is 1. The van der Waals surface area contributed by atoms with Gasteiger partial charge in [-0.1, -0.05) is 12.1 Å². The van der Waals surface area contributed by atoms with E-state index in [-0.39, 0.29) is 17.1 Å². The molecule has 0 unspecified atom stereocenters. The molecule has 0 saturated carbocycles. The average Bonchev–Trinajstić information content (AvgIpc) is 2.37. The molecule has 0 bridgehead atoms. The number of hydrogen-bond acceptors (Lipinski definition) is 2. The number of carbonyl (C=O) groups excluding carboxylic acids is 1. The van der Waals surface area contributed by atoms with Crippen LogP contribution in [0.15, 0.2) is 24.3 Å². The molecule has 1 aromatic rings. The molecule has 1 aliphatic rings. The summed E-state index contributed by atoms with van der Waals surface area (Å²) in [5, 5.41) is 2.86. The Morgan fingerprint density at radius 3 is 2.78 bits per heavy atom. The molecule has 1 aromatic carbocycles. The van der Waals surface area contributed by atoms with Crippen LogP contribution in [0.1, 0.15) is 25.3 Å². The zero-order valence-electron chi connectivity index (χ0n) is 10.5. The van der Waals surface area contributed by atoms with Crippen LogP contribution in [-0.2, 0) is 14.9 Å². The van der Waals surface area contributed by atoms with Gasteiger partial charge < -0.3 is 10.1 Å². The van der Waals surface area contributed by atoms with Gasteiger partial charge in [0.05, 0.1) is 0 Å². The molecule has 0 aliphatic carbocycles. The molecular weight excluding hydrogens is 233 g/mol. The summed E-state index contributed by atoms with van der Waals surface area (Å²) < 4.78 is 18.7. The number of ether oxygens (including phenoxy) is 1. The summed E-state index contributed by atoms with van der Waals surface area (Å²) in [4.78, 5) is 11.1. The smallest absolute Gasteiger partial charge is 0.216 e. The third-order valence-electron chi connectivity index (χ3n) is 3.56. The quantitative estimate of drug-likeness (QED) is 0.892. The molecule has 1 N–H and O–H groups in total. The van der Waals surface area contributed by atoms with E-state index in [4.69, 9.17) is 4.74 Å². The van der Waals surface area contributed by atoms with Crippen LogP contribution in [-0.4, -0.2) is 25.7 Å². The highest BCUT2D eigenvalue weighted by Gasteiger charge is 2.34. The van der Waals surface area contributed by atoms with Gasteiger partial charge in [-0.3, -0.25) is 4.79 Å². The molecule has 98 valence electrons. The summed E-state index contributed by atoms with van der Waals surface area (Å²) in [6.07, 6.45) is 1.60. The Morgan fingerprint density at radius 2 is 2.17 bits per heavy atom. The summed E-state index contributed by atoms with van der Waals surface area (Å²) in [6.45, 7) is 3.33. The predicted molar refractivity (Wildman–Crippen MR) is 66.8 cm³/mol. The minimum Gasteiger partial charge on any atom is -0.381 e. The van der Waals surface area contributed by atoms with Crippen molar-refractivity contribution in [1.82, 2.24) is 5.32 Å². The van der Waals surface area contributed by atoms with Crippen LogP contribution in [0, 0.1) is 5.82 Å². The first kappa shape index (κ1) is 13.0. The lowest BCUT2D eigenvalue weighted by atomic mass is 9.74. The molecule has 18 heavy (non-hydrogen) atoms. The molecule has 2 rings (SSSR count). The third-order valence-corrected chi connectivity index (χ3v) is 3.56. The molecule has 4 heteroatoms. The number of hydrogen-bond donors (Lipinski definition) is 1. The van der Waals surface area contributed by atoms with Gasteiger partial charge in [0.2, 0.25) is 5.91 Å². The van der Waals surface area contributed by atoms with Crippen LogP contribution in [0.2, 0.25) is 0 Å². The highest BCUT2D eigenvalue weighted by Crippen LogP contribution is 2.34. The second-order valence-corrected chi connectivity index (χ2v) is 4.81. The molecule has 1 saturated heterocycles. The maximum Gasteiger partial charge on any atom is 0.216 e. The molecule has 1 aliphatic heterocycles. The fourth-order valence-corrected chi connectivity index (χ4v) is 2.44. The molecule has 1 fully saturated rings. The lowest BCUT2D eigenvalue weighted by molar-refractivity contribution is -0.119. The van der Waals surface area contributed by atoms with E-state index in [1.54, 1.807) is 12.1 Å². The van der Waals surface area contributed by atoms with Crippen LogP contribution >= 0.6 is 0 Å². The standard InChI is InChI=1S/C14H18FNO2/c1-11(17)16-10-14(5-7-18-8-6-14)12-3-2-4-13(15)9-12/h2-4,9H,5-8,10H2,1H3,(H,16,17). The van der Waals surface area contributed by atoms with Crippen LogP contribution in [0.25, 0.3) is 0 Å². The van der Waals surface area contributed by atoms with E-state index in [1.165, 1.54) is 13.0 Å². The van der Waals surface area contributed by atoms with Crippen molar-refractivity contribution < 1.29 is 13.9 Å². The van der Waals surface area contributed by atoms with Gasteiger partial charge >= 0.3 is 0 Å². The highest BCUT2D eigenvalue weighted by molar-refractivity contribution is 5.73. The molecule has 1 amide bonds. The highest BCUT2D eigenvalue weighted by atomic mass is 19.1. The summed E-state index contributed by atoms with van der Waals surface area (Å²) >= 11 is 0. The van der Waals surface area contributed by atoms with Gasteiger partial charge in [-0.25, -0.2) is 4.39 Å². The fourth-order valence-electron chi connectivity index (χ4n) is 2.44. The molecule has 0 atom stereocenters. The van der Waals surface area contributed by atoms with Gasteiger partial charge in [0.25, 0.3) is 0 Å². The maximum absolute atomic E-state index is 13.4. The lowest BCUT2D eigenvalue weighted by Crippen LogP contribution is -2.44. The van der Waals surface area contributed by atoms with Gasteiger partial charge in [-0.05, 0) is 30.5 Å². The number of rotatable bonds is 3. The third kappa shape index (κ3) is 2.88. The zero-order valence-corrected chi connectivity index (χ0v) is 10.5. The first-order chi connectivity index (χ1) is 8.62. The van der Waals surface area contributed by atoms with Crippen molar-refractivity contribution in [2.75, 3.05) is 19.8 Å². The van der Waals surface area contributed by atoms with Gasteiger partial charge in [-0.15, -0.1) is 0 Å². The second kappa shape index (κ2) is 5.48. The molecule has 3 nitrogen and oxygen atoms in total. The lowest BCUT2D eigenvalue weighted by Gasteiger charge is -2.37. The van der Waals surface area contributed by atoms with E-state index in [2.05, 4.69) is 5.32 Å². The molecule has 0 aromatic heterocycles. The van der Waals surface area contributed by atoms with E-state index >= 15 is 0 Å². The molecule has 0 spiro atoms. The van der Waals surface area contributed by atoms with Crippen LogP contribution in [0.5, 0.6) is 0 Å². The van der Waals surface area contributed by atoms with Crippen molar-refractivity contribution in [3.05, 3.63) is 35.6 Å². The average molecular weight is 251 g/mol. The van der Waals surface area contributed by atoms with E-state index < -0.39 is 0 Å². The van der Waals surface area contributed by atoms with E-state index in [9.17, 15) is 9.18 Å². The zero-order chi connectivity index (χ0) is 13.0. The number of carbonyl (C=O) groups is 1. The minimum atomic E-state index is -0.235. The topological polar surface area (TPSA) is 38.3 Å². The van der Waals surface area contributed by atoms with Crippen molar-refractivity contribution >= 4 is 5.91 Å². The van der Waals surface area contributed by atoms with Gasteiger partial charge in [0.15, 0.2) is 0 Å². The van der Waals surface area contributed by atoms with E-state index in [0.29, 0.717) is 19.8 Å². The minimum absolute atomic E-state index is 0.0581. The SMILES string of the molecule is CC(=O)NCC1(c2cccc(F)c2)CCOCC1. The monoisotopic (exact) mass is 251 g/mol. The van der Waals surface area contributed by atoms with Crippen molar-refractivity contribution in [3.8, 4) is 0 Å². The number of halogens is 1. The summed E-state index contributed by atoms with van der Waals surface area (Å²) in [7, 11) is 0. The molecular formula is C14H18FNO2. The van der Waals surface area contributed by atoms with Gasteiger partial charge in [-0.2, -0.15) is 0 Å². The van der Waals surface area contributed by atoms with Crippen molar-refractivity contribution in [2.45, 2.75) is 25.2 Å². The largest absolute Gasteiger partial charge is 0.381 e. The Kier molecular flexibility index (Phi) is 3.97. The van der Waals surface area contributed by atoms with Gasteiger partial charge in [0.1, 0.15) is 5.82 Å². The van der Waals surface area contributed by atoms with Crippen molar-refractivity contribution in [2.24, 2.45) is 0 Å². The Morgan fingerprint density at radius 1 is 1.44 bits per heavy atom. The fraction of sp³-hybridized carbons (Fsp3) is 0.500. The van der Waals surface area contributed by atoms with E-state index in [1.807, 2.05) is 6.07 Å². The summed E-state index contributed by atoms with van der Waals surface area (Å²) in [5.74, 6) is -0.293. The first-order valence-corrected chi connectivity index (χ1v) is 6.21. The van der Waals surface area contributed by atoms with Crippen molar-refractivity contribution in [1.29, 1.82) is 0 Å². The Balaban J connectivity index is 2.25. The van der Waals surface area contributed by atoms with E-state index in [0.717, 1.165) is 18.4 Å². The predicted octanol–water partition coefficient (Wildman–Crippen LogP) is 2.01. The van der Waals surface area contributed by atoms with Crippen molar-refractivity contribution in [3.63, 3.8) is 0 Å². The molecule has 0 radical (unpaired) electrons. The Hall–Kier alpha value is -1.42. The summed E-state index contributed by atoms with van der Waals surface area (Å²) in [5.41, 5.74) is 0.742. The molecule has 1 heterocycles. The number of benzene rings is 1. The second-order valence-electron chi connectivity index (χ2n) is 4.81. The summed E-state index contributed by atoms with van der Waals surface area (Å²) in [6, 6.07) is 6.65. The van der Waals surface area contributed by atoms with Crippen LogP contribution in [0.3, 0.4) is 0 Å². The maximum atomic E-state index is 13.4. The van der Waals surface area contributed by atoms with Crippen LogP contribution < -0.4 is 5.32 Å². The normalized spacial score (nSPS) is 18.3. The van der Waals surface area contributed by atoms with Gasteiger partial charge in [0, 0.05) is 32.1 Å². The Bertz CT molecular complexity index is 428. The van der Waals surface area contributed by atoms with Crippen LogP contribution in [0.4, 0.5) is 4.39 Å².